The van der Waals surface area contributed by atoms with Gasteiger partial charge in [0.2, 0.25) is 0 Å². The summed E-state index contributed by atoms with van der Waals surface area (Å²) in [6.45, 7) is 2.35. The minimum Gasteiger partial charge on any atom is -0.496 e. The Morgan fingerprint density at radius 3 is 2.33 bits per heavy atom. The summed E-state index contributed by atoms with van der Waals surface area (Å²) in [5.74, 6) is 0.808. The Bertz CT molecular complexity index is 771. The second-order valence-corrected chi connectivity index (χ2v) is 8.20. The maximum atomic E-state index is 12.9. The zero-order valence-electron chi connectivity index (χ0n) is 16.1. The van der Waals surface area contributed by atoms with Crippen LogP contribution in [0.1, 0.15) is 58.8 Å². The first kappa shape index (κ1) is 19.7. The van der Waals surface area contributed by atoms with Crippen LogP contribution in [0.5, 0.6) is 11.5 Å². The van der Waals surface area contributed by atoms with Gasteiger partial charge in [-0.3, -0.25) is 4.79 Å². The van der Waals surface area contributed by atoms with E-state index in [1.807, 2.05) is 6.07 Å². The van der Waals surface area contributed by atoms with Crippen LogP contribution in [-0.4, -0.2) is 31.8 Å². The van der Waals surface area contributed by atoms with E-state index < -0.39 is 6.10 Å². The Balaban J connectivity index is 1.82. The van der Waals surface area contributed by atoms with Gasteiger partial charge in [0.05, 0.1) is 20.3 Å². The summed E-state index contributed by atoms with van der Waals surface area (Å²) in [6, 6.07) is 9.42. The first-order chi connectivity index (χ1) is 13.0. The van der Waals surface area contributed by atoms with E-state index in [9.17, 15) is 9.90 Å². The summed E-state index contributed by atoms with van der Waals surface area (Å²) in [6.07, 6.45) is 3.91. The van der Waals surface area contributed by atoms with Crippen LogP contribution in [0.3, 0.4) is 0 Å². The zero-order chi connectivity index (χ0) is 19.4. The van der Waals surface area contributed by atoms with Gasteiger partial charge in [0.25, 0.3) is 5.91 Å². The molecule has 1 aliphatic carbocycles. The predicted octanol–water partition coefficient (Wildman–Crippen LogP) is 4.06. The second kappa shape index (κ2) is 8.31. The average molecular weight is 390 g/mol. The van der Waals surface area contributed by atoms with E-state index in [0.717, 1.165) is 30.6 Å². The van der Waals surface area contributed by atoms with Crippen molar-refractivity contribution in [3.05, 3.63) is 45.6 Å². The molecule has 0 saturated heterocycles. The molecule has 1 heterocycles. The molecule has 5 nitrogen and oxygen atoms in total. The minimum atomic E-state index is -0.463. The van der Waals surface area contributed by atoms with Crippen LogP contribution in [0, 0.1) is 0 Å². The van der Waals surface area contributed by atoms with E-state index in [1.54, 1.807) is 50.7 Å². The van der Waals surface area contributed by atoms with Crippen molar-refractivity contribution in [2.75, 3.05) is 20.8 Å². The number of methoxy groups -OCH3 is 2. The van der Waals surface area contributed by atoms with Gasteiger partial charge in [-0.05, 0) is 44.0 Å². The number of ether oxygens (including phenoxy) is 2. The van der Waals surface area contributed by atoms with Gasteiger partial charge in [-0.15, -0.1) is 11.3 Å². The summed E-state index contributed by atoms with van der Waals surface area (Å²) >= 11 is 1.65. The lowest BCUT2D eigenvalue weighted by Crippen LogP contribution is -2.38. The SMILES string of the molecule is COc1cccc(OC)c1C(=O)NCC1(c2ccc(C(C)O)s2)CCCC1. The lowest BCUT2D eigenvalue weighted by molar-refractivity contribution is 0.0937. The lowest BCUT2D eigenvalue weighted by Gasteiger charge is -2.28. The number of hydrogen-bond acceptors (Lipinski definition) is 5. The summed E-state index contributed by atoms with van der Waals surface area (Å²) in [7, 11) is 3.10. The third kappa shape index (κ3) is 3.96. The van der Waals surface area contributed by atoms with Crippen LogP contribution in [0.4, 0.5) is 0 Å². The van der Waals surface area contributed by atoms with Gasteiger partial charge in [0.1, 0.15) is 17.1 Å². The molecule has 1 atom stereocenters. The Labute approximate surface area is 164 Å². The van der Waals surface area contributed by atoms with Crippen molar-refractivity contribution < 1.29 is 19.4 Å². The van der Waals surface area contributed by atoms with Crippen LogP contribution in [0.25, 0.3) is 0 Å². The van der Waals surface area contributed by atoms with E-state index in [1.165, 1.54) is 4.88 Å². The molecule has 2 aromatic rings. The maximum Gasteiger partial charge on any atom is 0.258 e. The molecule has 0 spiro atoms. The smallest absolute Gasteiger partial charge is 0.258 e. The number of carbonyl (C=O) groups is 1. The molecule has 1 aromatic carbocycles. The summed E-state index contributed by atoms with van der Waals surface area (Å²) in [5.41, 5.74) is 0.356. The van der Waals surface area contributed by atoms with Crippen molar-refractivity contribution in [1.82, 2.24) is 5.32 Å². The zero-order valence-corrected chi connectivity index (χ0v) is 16.9. The van der Waals surface area contributed by atoms with Crippen LogP contribution in [0.2, 0.25) is 0 Å². The Hall–Kier alpha value is -2.05. The summed E-state index contributed by atoms with van der Waals surface area (Å²) in [4.78, 5) is 15.1. The molecule has 0 bridgehead atoms. The highest BCUT2D eigenvalue weighted by atomic mass is 32.1. The normalized spacial score (nSPS) is 16.7. The Morgan fingerprint density at radius 1 is 1.19 bits per heavy atom. The topological polar surface area (TPSA) is 67.8 Å². The number of amides is 1. The third-order valence-electron chi connectivity index (χ3n) is 5.36. The number of benzene rings is 1. The van der Waals surface area contributed by atoms with Crippen molar-refractivity contribution >= 4 is 17.2 Å². The largest absolute Gasteiger partial charge is 0.496 e. The van der Waals surface area contributed by atoms with Crippen molar-refractivity contribution in [1.29, 1.82) is 0 Å². The van der Waals surface area contributed by atoms with Crippen molar-refractivity contribution in [2.24, 2.45) is 0 Å². The fourth-order valence-corrected chi connectivity index (χ4v) is 5.03. The first-order valence-electron chi connectivity index (χ1n) is 9.28. The molecule has 146 valence electrons. The monoisotopic (exact) mass is 389 g/mol. The molecule has 1 saturated carbocycles. The van der Waals surface area contributed by atoms with Crippen molar-refractivity contribution in [3.63, 3.8) is 0 Å². The van der Waals surface area contributed by atoms with Crippen LogP contribution in [-0.2, 0) is 5.41 Å². The number of rotatable bonds is 7. The fraction of sp³-hybridized carbons (Fsp3) is 0.476. The molecule has 0 radical (unpaired) electrons. The molecule has 1 unspecified atom stereocenters. The van der Waals surface area contributed by atoms with E-state index in [0.29, 0.717) is 23.6 Å². The van der Waals surface area contributed by atoms with Gasteiger partial charge in [0, 0.05) is 21.7 Å². The molecule has 1 amide bonds. The Morgan fingerprint density at radius 2 is 1.81 bits per heavy atom. The van der Waals surface area contributed by atoms with Crippen LogP contribution >= 0.6 is 11.3 Å². The molecular formula is C21H27NO4S. The Kier molecular flexibility index (Phi) is 6.07. The van der Waals surface area contributed by atoms with Crippen LogP contribution in [0.15, 0.2) is 30.3 Å². The quantitative estimate of drug-likeness (QED) is 0.749. The lowest BCUT2D eigenvalue weighted by atomic mass is 9.84. The summed E-state index contributed by atoms with van der Waals surface area (Å²) in [5, 5.41) is 13.0. The molecule has 6 heteroatoms. The molecule has 27 heavy (non-hydrogen) atoms. The number of carbonyl (C=O) groups excluding carboxylic acids is 1. The molecular weight excluding hydrogens is 362 g/mol. The third-order valence-corrected chi connectivity index (χ3v) is 6.87. The number of thiophene rings is 1. The molecule has 3 rings (SSSR count). The molecule has 1 fully saturated rings. The van der Waals surface area contributed by atoms with E-state index in [4.69, 9.17) is 9.47 Å². The first-order valence-corrected chi connectivity index (χ1v) is 10.1. The molecule has 1 aliphatic rings. The van der Waals surface area contributed by atoms with E-state index >= 15 is 0 Å². The average Bonchev–Trinajstić information content (AvgIpc) is 3.35. The molecule has 0 aliphatic heterocycles. The van der Waals surface area contributed by atoms with E-state index in [-0.39, 0.29) is 11.3 Å². The van der Waals surface area contributed by atoms with Gasteiger partial charge in [-0.1, -0.05) is 18.9 Å². The van der Waals surface area contributed by atoms with Gasteiger partial charge in [-0.2, -0.15) is 0 Å². The van der Waals surface area contributed by atoms with Crippen molar-refractivity contribution in [2.45, 2.75) is 44.1 Å². The van der Waals surface area contributed by atoms with E-state index in [2.05, 4.69) is 11.4 Å². The maximum absolute atomic E-state index is 12.9. The highest BCUT2D eigenvalue weighted by molar-refractivity contribution is 7.12. The summed E-state index contributed by atoms with van der Waals surface area (Å²) < 4.78 is 10.7. The second-order valence-electron chi connectivity index (χ2n) is 7.09. The number of aliphatic hydroxyl groups excluding tert-OH is 1. The standard InChI is InChI=1S/C21H27NO4S/c1-14(23)17-9-10-18(27-17)21(11-4-5-12-21)13-22-20(24)19-15(25-2)7-6-8-16(19)26-3/h6-10,14,23H,4-5,11-13H2,1-3H3,(H,22,24). The number of hydrogen-bond donors (Lipinski definition) is 2. The molecule has 1 aromatic heterocycles. The van der Waals surface area contributed by atoms with Gasteiger partial charge >= 0.3 is 0 Å². The van der Waals surface area contributed by atoms with Crippen molar-refractivity contribution in [3.8, 4) is 11.5 Å². The fourth-order valence-electron chi connectivity index (χ4n) is 3.84. The number of aliphatic hydroxyl groups is 1. The predicted molar refractivity (Wildman–Crippen MR) is 107 cm³/mol. The highest BCUT2D eigenvalue weighted by Gasteiger charge is 2.37. The highest BCUT2D eigenvalue weighted by Crippen LogP contribution is 2.44. The number of nitrogens with one attached hydrogen (secondary N) is 1. The van der Waals surface area contributed by atoms with Gasteiger partial charge < -0.3 is 19.9 Å². The van der Waals surface area contributed by atoms with Gasteiger partial charge in [-0.25, -0.2) is 0 Å². The molecule has 2 N–H and O–H groups in total. The van der Waals surface area contributed by atoms with Crippen LogP contribution < -0.4 is 14.8 Å². The van der Waals surface area contributed by atoms with Gasteiger partial charge in [0.15, 0.2) is 0 Å². The minimum absolute atomic E-state index is 0.0667.